The van der Waals surface area contributed by atoms with Crippen molar-refractivity contribution in [1.29, 1.82) is 0 Å². The fraction of sp³-hybridized carbons (Fsp3) is 0.300. The van der Waals surface area contributed by atoms with Gasteiger partial charge in [0.2, 0.25) is 15.6 Å². The second-order valence-electron chi connectivity index (χ2n) is 6.26. The zero-order valence-corrected chi connectivity index (χ0v) is 18.6. The van der Waals surface area contributed by atoms with Gasteiger partial charge in [0.1, 0.15) is 11.5 Å². The number of hydrogen-bond donors (Lipinski definition) is 2. The molecule has 2 N–H and O–H groups in total. The van der Waals surface area contributed by atoms with Gasteiger partial charge in [0.15, 0.2) is 0 Å². The summed E-state index contributed by atoms with van der Waals surface area (Å²) in [7, 11) is 2.99. The molecule has 0 aliphatic rings. The molecule has 0 saturated carbocycles. The van der Waals surface area contributed by atoms with E-state index in [0.717, 1.165) is 0 Å². The minimum atomic E-state index is -1.72. The number of rotatable bonds is 6. The summed E-state index contributed by atoms with van der Waals surface area (Å²) in [5.74, 6) is -0.280. The highest BCUT2D eigenvalue weighted by Crippen LogP contribution is 2.48. The van der Waals surface area contributed by atoms with Crippen molar-refractivity contribution in [3.63, 3.8) is 0 Å². The molecule has 0 fully saturated rings. The Morgan fingerprint density at radius 2 is 1.21 bits per heavy atom. The van der Waals surface area contributed by atoms with Gasteiger partial charge in [-0.25, -0.2) is 0 Å². The van der Waals surface area contributed by atoms with Crippen molar-refractivity contribution >= 4 is 58.0 Å². The Hall–Kier alpha value is -2.15. The molecule has 2 aromatic rings. The number of benzene rings is 2. The predicted octanol–water partition coefficient (Wildman–Crippen LogP) is 5.12. The van der Waals surface area contributed by atoms with Gasteiger partial charge in [-0.1, -0.05) is 46.9 Å². The third-order valence-electron chi connectivity index (χ3n) is 4.06. The topological polar surface area (TPSA) is 76.7 Å². The normalized spacial score (nSPS) is 11.2. The molecule has 0 bridgehead atoms. The molecule has 2 amide bonds. The maximum absolute atomic E-state index is 11.5. The minimum absolute atomic E-state index is 0.261. The molecule has 0 heterocycles. The van der Waals surface area contributed by atoms with Crippen LogP contribution in [0.15, 0.2) is 36.4 Å². The molecule has 156 valence electrons. The fourth-order valence-corrected chi connectivity index (χ4v) is 3.71. The van der Waals surface area contributed by atoms with Crippen LogP contribution in [0.3, 0.4) is 0 Å². The van der Waals surface area contributed by atoms with Crippen LogP contribution in [0.2, 0.25) is 0 Å². The Balaban J connectivity index is 2.62. The first kappa shape index (κ1) is 23.1. The number of anilines is 2. The largest absolute Gasteiger partial charge is 0.495 e. The monoisotopic (exact) mass is 458 g/mol. The molecule has 0 saturated heterocycles. The van der Waals surface area contributed by atoms with Gasteiger partial charge in [-0.05, 0) is 35.4 Å². The van der Waals surface area contributed by atoms with Crippen LogP contribution in [-0.2, 0) is 9.59 Å². The molecular formula is C20H21Cl3N2O4. The van der Waals surface area contributed by atoms with Crippen molar-refractivity contribution in [2.24, 2.45) is 0 Å². The predicted molar refractivity (Wildman–Crippen MR) is 117 cm³/mol. The molecule has 0 unspecified atom stereocenters. The van der Waals surface area contributed by atoms with Crippen molar-refractivity contribution in [3.05, 3.63) is 47.5 Å². The van der Waals surface area contributed by atoms with Crippen molar-refractivity contribution in [1.82, 2.24) is 0 Å². The summed E-state index contributed by atoms with van der Waals surface area (Å²) >= 11 is 19.0. The minimum Gasteiger partial charge on any atom is -0.495 e. The molecule has 9 heteroatoms. The number of alkyl halides is 3. The van der Waals surface area contributed by atoms with E-state index in [1.54, 1.807) is 36.4 Å². The smallest absolute Gasteiger partial charge is 0.221 e. The molecule has 29 heavy (non-hydrogen) atoms. The molecule has 0 aliphatic carbocycles. The van der Waals surface area contributed by atoms with Gasteiger partial charge < -0.3 is 20.1 Å². The second kappa shape index (κ2) is 9.57. The summed E-state index contributed by atoms with van der Waals surface area (Å²) in [6.45, 7) is 2.78. The van der Waals surface area contributed by atoms with Gasteiger partial charge in [0.05, 0.1) is 31.5 Å². The number of amides is 2. The van der Waals surface area contributed by atoms with Crippen LogP contribution in [0.4, 0.5) is 11.4 Å². The number of hydrogen-bond acceptors (Lipinski definition) is 4. The van der Waals surface area contributed by atoms with Gasteiger partial charge in [0.25, 0.3) is 0 Å². The molecule has 6 nitrogen and oxygen atoms in total. The Morgan fingerprint density at radius 3 is 1.48 bits per heavy atom. The van der Waals surface area contributed by atoms with Crippen LogP contribution < -0.4 is 20.1 Å². The summed E-state index contributed by atoms with van der Waals surface area (Å²) < 4.78 is 8.86. The van der Waals surface area contributed by atoms with E-state index in [1.807, 2.05) is 0 Å². The van der Waals surface area contributed by atoms with Crippen molar-refractivity contribution in [2.75, 3.05) is 24.9 Å². The molecule has 0 radical (unpaired) electrons. The van der Waals surface area contributed by atoms with Crippen LogP contribution in [0.5, 0.6) is 11.5 Å². The highest BCUT2D eigenvalue weighted by molar-refractivity contribution is 6.68. The van der Waals surface area contributed by atoms with Crippen molar-refractivity contribution < 1.29 is 19.1 Å². The first-order valence-electron chi connectivity index (χ1n) is 8.54. The molecule has 2 aromatic carbocycles. The lowest BCUT2D eigenvalue weighted by molar-refractivity contribution is -0.115. The van der Waals surface area contributed by atoms with E-state index in [-0.39, 0.29) is 11.8 Å². The maximum Gasteiger partial charge on any atom is 0.221 e. The summed E-state index contributed by atoms with van der Waals surface area (Å²) in [5.41, 5.74) is 2.17. The van der Waals surface area contributed by atoms with Gasteiger partial charge in [-0.3, -0.25) is 9.59 Å². The van der Waals surface area contributed by atoms with Crippen molar-refractivity contribution in [2.45, 2.75) is 23.6 Å². The van der Waals surface area contributed by atoms with E-state index in [1.165, 1.54) is 28.1 Å². The Labute approximate surface area is 184 Å². The standard InChI is InChI=1S/C20H21Cl3N2O4/c1-11(26)24-15-9-13(5-7-17(15)28-3)19(20(21,22)23)14-6-8-18(29-4)16(10-14)25-12(2)27/h5-10,19H,1-4H3,(H,24,26)(H,25,27). The molecule has 0 aliphatic heterocycles. The summed E-state index contributed by atoms with van der Waals surface area (Å²) in [6.07, 6.45) is 0. The zero-order chi connectivity index (χ0) is 21.8. The van der Waals surface area contributed by atoms with Crippen LogP contribution in [0, 0.1) is 0 Å². The number of ether oxygens (including phenoxy) is 2. The molecule has 2 rings (SSSR count). The second-order valence-corrected chi connectivity index (χ2v) is 8.63. The maximum atomic E-state index is 11.5. The number of methoxy groups -OCH3 is 2. The summed E-state index contributed by atoms with van der Waals surface area (Å²) in [6, 6.07) is 10.2. The third kappa shape index (κ3) is 5.92. The van der Waals surface area contributed by atoms with Crippen LogP contribution >= 0.6 is 34.8 Å². The zero-order valence-electron chi connectivity index (χ0n) is 16.3. The van der Waals surface area contributed by atoms with E-state index < -0.39 is 9.71 Å². The molecule has 0 atom stereocenters. The lowest BCUT2D eigenvalue weighted by Gasteiger charge is -2.27. The fourth-order valence-electron chi connectivity index (χ4n) is 2.96. The van der Waals surface area contributed by atoms with E-state index in [0.29, 0.717) is 34.0 Å². The van der Waals surface area contributed by atoms with E-state index in [2.05, 4.69) is 10.6 Å². The number of nitrogens with one attached hydrogen (secondary N) is 2. The average Bonchev–Trinajstić information content (AvgIpc) is 2.60. The van der Waals surface area contributed by atoms with Crippen LogP contribution in [0.25, 0.3) is 0 Å². The SMILES string of the molecule is COc1ccc(C(c2ccc(OC)c(NC(C)=O)c2)C(Cl)(Cl)Cl)cc1NC(C)=O. The van der Waals surface area contributed by atoms with E-state index in [4.69, 9.17) is 44.3 Å². The van der Waals surface area contributed by atoms with Gasteiger partial charge in [0, 0.05) is 13.8 Å². The molecule has 0 aromatic heterocycles. The van der Waals surface area contributed by atoms with E-state index >= 15 is 0 Å². The number of carbonyl (C=O) groups is 2. The van der Waals surface area contributed by atoms with Gasteiger partial charge in [-0.15, -0.1) is 0 Å². The lowest BCUT2D eigenvalue weighted by Crippen LogP contribution is -2.19. The Morgan fingerprint density at radius 1 is 0.828 bits per heavy atom. The molecule has 0 spiro atoms. The summed E-state index contributed by atoms with van der Waals surface area (Å²) in [5, 5.41) is 5.42. The highest BCUT2D eigenvalue weighted by atomic mass is 35.6. The first-order chi connectivity index (χ1) is 13.6. The van der Waals surface area contributed by atoms with Gasteiger partial charge in [-0.2, -0.15) is 0 Å². The van der Waals surface area contributed by atoms with Crippen LogP contribution in [0.1, 0.15) is 30.9 Å². The highest BCUT2D eigenvalue weighted by Gasteiger charge is 2.36. The van der Waals surface area contributed by atoms with Gasteiger partial charge >= 0.3 is 0 Å². The first-order valence-corrected chi connectivity index (χ1v) is 9.68. The van der Waals surface area contributed by atoms with Crippen molar-refractivity contribution in [3.8, 4) is 11.5 Å². The average molecular weight is 460 g/mol. The third-order valence-corrected chi connectivity index (χ3v) is 4.72. The quantitative estimate of drug-likeness (QED) is 0.588. The lowest BCUT2D eigenvalue weighted by atomic mass is 9.91. The van der Waals surface area contributed by atoms with Crippen LogP contribution in [-0.4, -0.2) is 29.8 Å². The summed E-state index contributed by atoms with van der Waals surface area (Å²) in [4.78, 5) is 23.1. The molecular weight excluding hydrogens is 439 g/mol. The number of halogens is 3. The Kier molecular flexibility index (Phi) is 7.63. The van der Waals surface area contributed by atoms with E-state index in [9.17, 15) is 9.59 Å². The number of carbonyl (C=O) groups excluding carboxylic acids is 2. The Bertz CT molecular complexity index is 846.